The number of halogens is 2. The van der Waals surface area contributed by atoms with Gasteiger partial charge in [0.25, 0.3) is 5.92 Å². The highest BCUT2D eigenvalue weighted by Gasteiger charge is 2.33. The molecule has 1 atom stereocenters. The van der Waals surface area contributed by atoms with E-state index in [2.05, 4.69) is 17.1 Å². The Morgan fingerprint density at radius 2 is 1.89 bits per heavy atom. The Bertz CT molecular complexity index is 659. The van der Waals surface area contributed by atoms with E-state index in [0.717, 1.165) is 25.1 Å². The fourth-order valence-corrected chi connectivity index (χ4v) is 3.62. The summed E-state index contributed by atoms with van der Waals surface area (Å²) in [5.41, 5.74) is 0.995. The largest absolute Gasteiger partial charge is 0.493 e. The molecule has 1 saturated heterocycles. The van der Waals surface area contributed by atoms with E-state index >= 15 is 0 Å². The van der Waals surface area contributed by atoms with Gasteiger partial charge in [0.15, 0.2) is 11.5 Å². The lowest BCUT2D eigenvalue weighted by atomic mass is 10.1. The van der Waals surface area contributed by atoms with Gasteiger partial charge in [-0.15, -0.1) is 0 Å². The number of alkyl halides is 2. The standard InChI is InChI=1S/C21H30F2N2O3/c1-27-20-13-17(14-25-11-7-21(22,23)8-12-25)5-6-19(20)28-16-18(26)15-24-9-3-2-4-10-24/h2-3,5-6,13,18,26H,4,7-12,14-16H2,1H3. The third kappa shape index (κ3) is 6.15. The van der Waals surface area contributed by atoms with Crippen LogP contribution in [0.15, 0.2) is 30.4 Å². The summed E-state index contributed by atoms with van der Waals surface area (Å²) in [5, 5.41) is 10.2. The lowest BCUT2D eigenvalue weighted by molar-refractivity contribution is -0.0566. The molecule has 1 unspecified atom stereocenters. The first-order chi connectivity index (χ1) is 13.4. The third-order valence-electron chi connectivity index (χ3n) is 5.26. The monoisotopic (exact) mass is 396 g/mol. The van der Waals surface area contributed by atoms with Gasteiger partial charge in [-0.3, -0.25) is 9.80 Å². The Morgan fingerprint density at radius 3 is 2.57 bits per heavy atom. The minimum atomic E-state index is -2.53. The molecular weight excluding hydrogens is 366 g/mol. The maximum atomic E-state index is 13.3. The van der Waals surface area contributed by atoms with Crippen LogP contribution in [-0.4, -0.2) is 73.4 Å². The summed E-state index contributed by atoms with van der Waals surface area (Å²) >= 11 is 0. The van der Waals surface area contributed by atoms with Crippen molar-refractivity contribution in [2.75, 3.05) is 46.4 Å². The number of ether oxygens (including phenoxy) is 2. The van der Waals surface area contributed by atoms with Crippen molar-refractivity contribution in [2.45, 2.75) is 37.8 Å². The van der Waals surface area contributed by atoms with Crippen LogP contribution in [0.2, 0.25) is 0 Å². The van der Waals surface area contributed by atoms with E-state index in [0.29, 0.717) is 37.7 Å². The molecular formula is C21H30F2N2O3. The second-order valence-corrected chi connectivity index (χ2v) is 7.60. The number of nitrogens with zero attached hydrogens (tertiary/aromatic N) is 2. The number of hydrogen-bond acceptors (Lipinski definition) is 5. The number of methoxy groups -OCH3 is 1. The third-order valence-corrected chi connectivity index (χ3v) is 5.26. The van der Waals surface area contributed by atoms with Gasteiger partial charge in [-0.1, -0.05) is 18.2 Å². The van der Waals surface area contributed by atoms with Crippen molar-refractivity contribution >= 4 is 0 Å². The number of rotatable bonds is 8. The SMILES string of the molecule is COc1cc(CN2CCC(F)(F)CC2)ccc1OCC(O)CN1CC=CCC1. The van der Waals surface area contributed by atoms with Crippen LogP contribution in [-0.2, 0) is 6.54 Å². The van der Waals surface area contributed by atoms with Gasteiger partial charge in [0.05, 0.1) is 7.11 Å². The summed E-state index contributed by atoms with van der Waals surface area (Å²) in [5.74, 6) is -1.36. The van der Waals surface area contributed by atoms with Crippen LogP contribution < -0.4 is 9.47 Å². The maximum Gasteiger partial charge on any atom is 0.250 e. The van der Waals surface area contributed by atoms with E-state index in [4.69, 9.17) is 9.47 Å². The molecule has 1 N–H and O–H groups in total. The second kappa shape index (κ2) is 9.67. The zero-order valence-corrected chi connectivity index (χ0v) is 16.4. The molecule has 2 aliphatic heterocycles. The highest BCUT2D eigenvalue weighted by molar-refractivity contribution is 5.43. The lowest BCUT2D eigenvalue weighted by Gasteiger charge is -2.31. The number of benzene rings is 1. The number of aliphatic hydroxyl groups excluding tert-OH is 1. The van der Waals surface area contributed by atoms with E-state index < -0.39 is 12.0 Å². The Kier molecular flexibility index (Phi) is 7.26. The molecule has 7 heteroatoms. The number of aliphatic hydroxyl groups is 1. The molecule has 0 aliphatic carbocycles. The molecule has 3 rings (SSSR count). The van der Waals surface area contributed by atoms with Crippen LogP contribution in [0.1, 0.15) is 24.8 Å². The smallest absolute Gasteiger partial charge is 0.250 e. The maximum absolute atomic E-state index is 13.3. The molecule has 1 fully saturated rings. The average molecular weight is 396 g/mol. The second-order valence-electron chi connectivity index (χ2n) is 7.60. The van der Waals surface area contributed by atoms with E-state index in [1.165, 1.54) is 0 Å². The summed E-state index contributed by atoms with van der Waals surface area (Å²) in [6, 6.07) is 5.62. The summed E-state index contributed by atoms with van der Waals surface area (Å²) in [6.45, 7) is 3.97. The fraction of sp³-hybridized carbons (Fsp3) is 0.619. The molecule has 2 heterocycles. The van der Waals surface area contributed by atoms with Crippen LogP contribution in [0, 0.1) is 0 Å². The van der Waals surface area contributed by atoms with Crippen LogP contribution >= 0.6 is 0 Å². The number of β-amino-alcohol motifs (C(OH)–C–C–N with tert-alkyl or cyclic N) is 1. The Labute approximate surface area is 165 Å². The summed E-state index contributed by atoms with van der Waals surface area (Å²) < 4.78 is 37.8. The first kappa shape index (κ1) is 21.0. The Morgan fingerprint density at radius 1 is 1.11 bits per heavy atom. The minimum absolute atomic E-state index is 0.0873. The average Bonchev–Trinajstić information content (AvgIpc) is 2.69. The van der Waals surface area contributed by atoms with Crippen LogP contribution in [0.25, 0.3) is 0 Å². The van der Waals surface area contributed by atoms with E-state index in [-0.39, 0.29) is 19.4 Å². The minimum Gasteiger partial charge on any atom is -0.493 e. The summed E-state index contributed by atoms with van der Waals surface area (Å²) in [4.78, 5) is 4.22. The molecule has 0 bridgehead atoms. The Balaban J connectivity index is 1.50. The molecule has 0 saturated carbocycles. The highest BCUT2D eigenvalue weighted by Crippen LogP contribution is 2.31. The van der Waals surface area contributed by atoms with Gasteiger partial charge in [-0.05, 0) is 24.1 Å². The normalized spacial score (nSPS) is 21.4. The zero-order valence-electron chi connectivity index (χ0n) is 16.4. The lowest BCUT2D eigenvalue weighted by Crippen LogP contribution is -2.38. The molecule has 0 spiro atoms. The quantitative estimate of drug-likeness (QED) is 0.685. The van der Waals surface area contributed by atoms with E-state index in [1.807, 2.05) is 23.1 Å². The predicted octanol–water partition coefficient (Wildman–Crippen LogP) is 2.93. The van der Waals surface area contributed by atoms with Crippen LogP contribution in [0.3, 0.4) is 0 Å². The predicted molar refractivity (Wildman–Crippen MR) is 104 cm³/mol. The number of piperidine rings is 1. The van der Waals surface area contributed by atoms with Gasteiger partial charge < -0.3 is 14.6 Å². The van der Waals surface area contributed by atoms with Crippen molar-refractivity contribution in [3.63, 3.8) is 0 Å². The Hall–Kier alpha value is -1.70. The number of hydrogen-bond donors (Lipinski definition) is 1. The molecule has 0 radical (unpaired) electrons. The summed E-state index contributed by atoms with van der Waals surface area (Å²) in [7, 11) is 1.57. The molecule has 1 aromatic rings. The van der Waals surface area contributed by atoms with Crippen LogP contribution in [0.5, 0.6) is 11.5 Å². The van der Waals surface area contributed by atoms with E-state index in [9.17, 15) is 13.9 Å². The topological polar surface area (TPSA) is 45.2 Å². The van der Waals surface area contributed by atoms with Crippen molar-refractivity contribution in [2.24, 2.45) is 0 Å². The van der Waals surface area contributed by atoms with E-state index in [1.54, 1.807) is 7.11 Å². The van der Waals surface area contributed by atoms with Gasteiger partial charge in [-0.2, -0.15) is 0 Å². The van der Waals surface area contributed by atoms with Crippen molar-refractivity contribution in [1.29, 1.82) is 0 Å². The van der Waals surface area contributed by atoms with Crippen molar-refractivity contribution in [1.82, 2.24) is 9.80 Å². The molecule has 5 nitrogen and oxygen atoms in total. The molecule has 2 aliphatic rings. The van der Waals surface area contributed by atoms with Gasteiger partial charge >= 0.3 is 0 Å². The zero-order chi connectivity index (χ0) is 20.0. The van der Waals surface area contributed by atoms with Gasteiger partial charge in [0, 0.05) is 52.1 Å². The van der Waals surface area contributed by atoms with Crippen LogP contribution in [0.4, 0.5) is 8.78 Å². The first-order valence-corrected chi connectivity index (χ1v) is 9.90. The molecule has 1 aromatic carbocycles. The fourth-order valence-electron chi connectivity index (χ4n) is 3.62. The molecule has 28 heavy (non-hydrogen) atoms. The van der Waals surface area contributed by atoms with Gasteiger partial charge in [0.2, 0.25) is 0 Å². The van der Waals surface area contributed by atoms with Gasteiger partial charge in [0.1, 0.15) is 12.7 Å². The van der Waals surface area contributed by atoms with Crippen molar-refractivity contribution < 1.29 is 23.4 Å². The van der Waals surface area contributed by atoms with Gasteiger partial charge in [-0.25, -0.2) is 8.78 Å². The first-order valence-electron chi connectivity index (χ1n) is 9.90. The molecule has 0 amide bonds. The van der Waals surface area contributed by atoms with Crippen molar-refractivity contribution in [3.8, 4) is 11.5 Å². The highest BCUT2D eigenvalue weighted by atomic mass is 19.3. The molecule has 156 valence electrons. The van der Waals surface area contributed by atoms with Crippen molar-refractivity contribution in [3.05, 3.63) is 35.9 Å². The molecule has 0 aromatic heterocycles. The number of likely N-dealkylation sites (tertiary alicyclic amines) is 1. The summed E-state index contributed by atoms with van der Waals surface area (Å²) in [6.07, 6.45) is 4.53.